The molecule has 10 heteroatoms. The Labute approximate surface area is 171 Å². The summed E-state index contributed by atoms with van der Waals surface area (Å²) < 4.78 is 19.8. The van der Waals surface area contributed by atoms with Crippen LogP contribution in [0.4, 0.5) is 15.8 Å². The van der Waals surface area contributed by atoms with E-state index in [1.165, 1.54) is 31.5 Å². The third-order valence-electron chi connectivity index (χ3n) is 3.76. The molecular weight excluding hydrogens is 401 g/mol. The van der Waals surface area contributed by atoms with Crippen molar-refractivity contribution in [2.45, 2.75) is 6.92 Å². The molecule has 8 nitrogen and oxygen atoms in total. The van der Waals surface area contributed by atoms with Gasteiger partial charge in [-0.3, -0.25) is 9.63 Å². The second kappa shape index (κ2) is 9.26. The second-order valence-corrected chi connectivity index (χ2v) is 6.04. The molecule has 1 amide bonds. The highest BCUT2D eigenvalue weighted by atomic mass is 35.5. The van der Waals surface area contributed by atoms with Crippen LogP contribution in [0.25, 0.3) is 11.4 Å². The lowest BCUT2D eigenvalue weighted by Crippen LogP contribution is -2.24. The van der Waals surface area contributed by atoms with Crippen molar-refractivity contribution in [3.05, 3.63) is 59.4 Å². The summed E-state index contributed by atoms with van der Waals surface area (Å²) >= 11 is 5.98. The number of carbonyl (C=O) groups excluding carboxylic acids is 1. The molecule has 0 aliphatic carbocycles. The molecule has 0 atom stereocenters. The highest BCUT2D eigenvalue weighted by molar-refractivity contribution is 6.29. The molecule has 2 heterocycles. The van der Waals surface area contributed by atoms with Gasteiger partial charge in [0.1, 0.15) is 11.0 Å². The number of hydrogen-bond acceptors (Lipinski definition) is 7. The van der Waals surface area contributed by atoms with Crippen molar-refractivity contribution in [2.75, 3.05) is 19.0 Å². The number of nitrogens with one attached hydrogen (secondary N) is 2. The Kier molecular flexibility index (Phi) is 6.53. The first-order valence-corrected chi connectivity index (χ1v) is 8.91. The lowest BCUT2D eigenvalue weighted by Gasteiger charge is -2.17. The van der Waals surface area contributed by atoms with Crippen LogP contribution in [-0.4, -0.2) is 34.6 Å². The van der Waals surface area contributed by atoms with Crippen LogP contribution < -0.4 is 15.5 Å². The lowest BCUT2D eigenvalue weighted by atomic mass is 10.1. The van der Waals surface area contributed by atoms with Crippen molar-refractivity contribution in [1.82, 2.24) is 20.4 Å². The van der Waals surface area contributed by atoms with Gasteiger partial charge >= 0.3 is 0 Å². The van der Waals surface area contributed by atoms with Gasteiger partial charge in [0.2, 0.25) is 0 Å². The molecule has 0 spiro atoms. The summed E-state index contributed by atoms with van der Waals surface area (Å²) in [5.74, 6) is -0.507. The number of halogens is 2. The fourth-order valence-electron chi connectivity index (χ4n) is 2.56. The number of anilines is 2. The molecule has 3 aromatic rings. The fraction of sp³-hybridized carbons (Fsp3) is 0.158. The number of hydroxylamine groups is 1. The zero-order valence-electron chi connectivity index (χ0n) is 15.6. The van der Waals surface area contributed by atoms with E-state index in [4.69, 9.17) is 21.2 Å². The maximum Gasteiger partial charge on any atom is 0.278 e. The van der Waals surface area contributed by atoms with Crippen molar-refractivity contribution in [1.29, 1.82) is 0 Å². The van der Waals surface area contributed by atoms with E-state index in [1.807, 2.05) is 0 Å². The quantitative estimate of drug-likeness (QED) is 0.446. The average Bonchev–Trinajstić information content (AvgIpc) is 2.72. The van der Waals surface area contributed by atoms with E-state index < -0.39 is 11.7 Å². The normalized spacial score (nSPS) is 10.5. The summed E-state index contributed by atoms with van der Waals surface area (Å²) in [5, 5.41) is 3.12. The van der Waals surface area contributed by atoms with Crippen molar-refractivity contribution < 1.29 is 18.8 Å². The Bertz CT molecular complexity index is 1020. The molecule has 0 fully saturated rings. The Morgan fingerprint density at radius 1 is 1.17 bits per heavy atom. The predicted molar refractivity (Wildman–Crippen MR) is 106 cm³/mol. The molecule has 0 saturated heterocycles. The standard InChI is InChI=1S/C19H17ClFN5O3/c1-3-29-26-19(27)13-10-24-16(20)9-14(13)25-15-8-11(21)7-12(17(15)28-2)18-22-5-4-6-23-18/h4-10H,3H2,1-2H3,(H,24,25)(H,26,27). The van der Waals surface area contributed by atoms with Crippen molar-refractivity contribution in [3.8, 4) is 17.1 Å². The van der Waals surface area contributed by atoms with Crippen LogP contribution in [0.1, 0.15) is 17.3 Å². The van der Waals surface area contributed by atoms with E-state index in [9.17, 15) is 9.18 Å². The summed E-state index contributed by atoms with van der Waals surface area (Å²) in [7, 11) is 1.44. The van der Waals surface area contributed by atoms with Gasteiger partial charge in [-0.15, -0.1) is 0 Å². The SMILES string of the molecule is CCONC(=O)c1cnc(Cl)cc1Nc1cc(F)cc(-c2ncccn2)c1OC. The number of ether oxygens (including phenoxy) is 1. The topological polar surface area (TPSA) is 98.3 Å². The maximum absolute atomic E-state index is 14.3. The lowest BCUT2D eigenvalue weighted by molar-refractivity contribution is 0.0365. The van der Waals surface area contributed by atoms with Crippen LogP contribution in [0.3, 0.4) is 0 Å². The van der Waals surface area contributed by atoms with Crippen LogP contribution >= 0.6 is 11.6 Å². The number of carbonyl (C=O) groups is 1. The molecular formula is C19H17ClFN5O3. The van der Waals surface area contributed by atoms with Crippen LogP contribution in [0.5, 0.6) is 5.75 Å². The molecule has 29 heavy (non-hydrogen) atoms. The van der Waals surface area contributed by atoms with Gasteiger partial charge in [-0.05, 0) is 25.1 Å². The highest BCUT2D eigenvalue weighted by Crippen LogP contribution is 2.38. The third kappa shape index (κ3) is 4.76. The van der Waals surface area contributed by atoms with E-state index in [1.54, 1.807) is 25.4 Å². The van der Waals surface area contributed by atoms with Gasteiger partial charge in [0, 0.05) is 24.7 Å². The molecule has 1 aromatic carbocycles. The first-order chi connectivity index (χ1) is 14.0. The van der Waals surface area contributed by atoms with Crippen LogP contribution in [-0.2, 0) is 4.84 Å². The zero-order chi connectivity index (χ0) is 20.8. The minimum atomic E-state index is -0.545. The summed E-state index contributed by atoms with van der Waals surface area (Å²) in [5.41, 5.74) is 3.31. The van der Waals surface area contributed by atoms with Gasteiger partial charge < -0.3 is 10.1 Å². The molecule has 0 aliphatic heterocycles. The number of nitrogens with zero attached hydrogens (tertiary/aromatic N) is 3. The van der Waals surface area contributed by atoms with Gasteiger partial charge in [-0.25, -0.2) is 24.8 Å². The van der Waals surface area contributed by atoms with E-state index in [0.717, 1.165) is 0 Å². The van der Waals surface area contributed by atoms with Gasteiger partial charge in [-0.2, -0.15) is 0 Å². The molecule has 0 unspecified atom stereocenters. The third-order valence-corrected chi connectivity index (χ3v) is 3.96. The van der Waals surface area contributed by atoms with Gasteiger partial charge in [0.25, 0.3) is 5.91 Å². The van der Waals surface area contributed by atoms with Crippen molar-refractivity contribution >= 4 is 28.9 Å². The minimum absolute atomic E-state index is 0.141. The smallest absolute Gasteiger partial charge is 0.278 e. The van der Waals surface area contributed by atoms with Gasteiger partial charge in [-0.1, -0.05) is 11.6 Å². The first-order valence-electron chi connectivity index (χ1n) is 8.53. The Balaban J connectivity index is 2.06. The summed E-state index contributed by atoms with van der Waals surface area (Å²) in [6.07, 6.45) is 4.36. The minimum Gasteiger partial charge on any atom is -0.494 e. The number of amides is 1. The molecule has 2 N–H and O–H groups in total. The number of hydrogen-bond donors (Lipinski definition) is 2. The van der Waals surface area contributed by atoms with E-state index in [0.29, 0.717) is 11.3 Å². The van der Waals surface area contributed by atoms with E-state index >= 15 is 0 Å². The molecule has 0 radical (unpaired) electrons. The zero-order valence-corrected chi connectivity index (χ0v) is 16.3. The van der Waals surface area contributed by atoms with Crippen molar-refractivity contribution in [3.63, 3.8) is 0 Å². The second-order valence-electron chi connectivity index (χ2n) is 5.65. The van der Waals surface area contributed by atoms with E-state index in [-0.39, 0.29) is 34.5 Å². The van der Waals surface area contributed by atoms with Crippen LogP contribution in [0.2, 0.25) is 5.15 Å². The summed E-state index contributed by atoms with van der Waals surface area (Å²) in [4.78, 5) is 29.5. The largest absolute Gasteiger partial charge is 0.494 e. The van der Waals surface area contributed by atoms with E-state index in [2.05, 4.69) is 25.7 Å². The van der Waals surface area contributed by atoms with Gasteiger partial charge in [0.05, 0.1) is 36.2 Å². The van der Waals surface area contributed by atoms with Crippen molar-refractivity contribution in [2.24, 2.45) is 0 Å². The summed E-state index contributed by atoms with van der Waals surface area (Å²) in [6, 6.07) is 5.58. The van der Waals surface area contributed by atoms with Gasteiger partial charge in [0.15, 0.2) is 11.6 Å². The van der Waals surface area contributed by atoms with Crippen LogP contribution in [0, 0.1) is 5.82 Å². The number of aromatic nitrogens is 3. The first kappa shape index (κ1) is 20.4. The maximum atomic E-state index is 14.3. The molecule has 150 valence electrons. The highest BCUT2D eigenvalue weighted by Gasteiger charge is 2.19. The van der Waals surface area contributed by atoms with Crippen LogP contribution in [0.15, 0.2) is 42.9 Å². The molecule has 0 saturated carbocycles. The average molecular weight is 418 g/mol. The Morgan fingerprint density at radius 2 is 1.93 bits per heavy atom. The Hall–Kier alpha value is -3.30. The molecule has 0 bridgehead atoms. The summed E-state index contributed by atoms with van der Waals surface area (Å²) in [6.45, 7) is 2.01. The number of pyridine rings is 1. The Morgan fingerprint density at radius 3 is 2.62 bits per heavy atom. The molecule has 0 aliphatic rings. The fourth-order valence-corrected chi connectivity index (χ4v) is 2.72. The molecule has 3 rings (SSSR count). The monoisotopic (exact) mass is 417 g/mol. The number of benzene rings is 1. The number of methoxy groups -OCH3 is 1. The predicted octanol–water partition coefficient (Wildman–Crippen LogP) is 3.76. The number of rotatable bonds is 7. The molecule has 2 aromatic heterocycles.